The predicted molar refractivity (Wildman–Crippen MR) is 75.0 cm³/mol. The molecule has 0 atom stereocenters. The Bertz CT molecular complexity index is 210. The minimum Gasteiger partial charge on any atom is -0.383 e. The third-order valence-electron chi connectivity index (χ3n) is 3.60. The van der Waals surface area contributed by atoms with Gasteiger partial charge in [0.15, 0.2) is 0 Å². The number of hydrogen-bond donors (Lipinski definition) is 0. The molecule has 2 aliphatic rings. The molecule has 0 bridgehead atoms. The van der Waals surface area contributed by atoms with E-state index >= 15 is 0 Å². The van der Waals surface area contributed by atoms with Crippen molar-refractivity contribution in [3.05, 3.63) is 0 Å². The van der Waals surface area contributed by atoms with Crippen molar-refractivity contribution in [2.24, 2.45) is 5.41 Å². The maximum atomic E-state index is 5.37. The summed E-state index contributed by atoms with van der Waals surface area (Å²) in [7, 11) is 1.77. The van der Waals surface area contributed by atoms with E-state index in [2.05, 4.69) is 16.7 Å². The quantitative estimate of drug-likeness (QED) is 0.643. The van der Waals surface area contributed by atoms with Crippen LogP contribution in [0.5, 0.6) is 0 Å². The van der Waals surface area contributed by atoms with Crippen LogP contribution in [0.3, 0.4) is 0 Å². The highest BCUT2D eigenvalue weighted by Crippen LogP contribution is 2.38. The number of hydrogen-bond acceptors (Lipinski definition) is 4. The predicted octanol–water partition coefficient (Wildman–Crippen LogP) is 1.31. The van der Waals surface area contributed by atoms with Gasteiger partial charge in [0.2, 0.25) is 0 Å². The van der Waals surface area contributed by atoms with E-state index in [0.29, 0.717) is 5.41 Å². The second kappa shape index (κ2) is 8.10. The molecule has 0 aliphatic carbocycles. The lowest BCUT2D eigenvalue weighted by Crippen LogP contribution is -2.72. The standard InChI is InChI=1S/C12H24N2O2.C2H6/c1-3-16-7-5-14-10-12(11-14)8-13(9-12)4-6-15-2;1-2/h3-11H2,1-2H3;1-2H3. The maximum absolute atomic E-state index is 5.37. The Morgan fingerprint density at radius 2 is 1.44 bits per heavy atom. The molecule has 108 valence electrons. The van der Waals surface area contributed by atoms with Crippen LogP contribution in [-0.4, -0.2) is 76.0 Å². The van der Waals surface area contributed by atoms with Gasteiger partial charge in [0.25, 0.3) is 0 Å². The highest BCUT2D eigenvalue weighted by atomic mass is 16.5. The lowest BCUT2D eigenvalue weighted by atomic mass is 9.73. The van der Waals surface area contributed by atoms with Crippen LogP contribution in [0, 0.1) is 5.41 Å². The molecule has 2 saturated heterocycles. The van der Waals surface area contributed by atoms with Crippen molar-refractivity contribution in [3.8, 4) is 0 Å². The van der Waals surface area contributed by atoms with Crippen LogP contribution in [-0.2, 0) is 9.47 Å². The maximum Gasteiger partial charge on any atom is 0.0593 e. The van der Waals surface area contributed by atoms with Crippen molar-refractivity contribution in [2.45, 2.75) is 20.8 Å². The van der Waals surface area contributed by atoms with Gasteiger partial charge in [0, 0.05) is 58.4 Å². The number of nitrogens with zero attached hydrogens (tertiary/aromatic N) is 2. The summed E-state index contributed by atoms with van der Waals surface area (Å²) in [6, 6.07) is 0. The molecule has 2 fully saturated rings. The molecule has 2 rings (SSSR count). The van der Waals surface area contributed by atoms with E-state index in [4.69, 9.17) is 9.47 Å². The van der Waals surface area contributed by atoms with Crippen LogP contribution in [0.15, 0.2) is 0 Å². The fourth-order valence-electron chi connectivity index (χ4n) is 2.88. The van der Waals surface area contributed by atoms with Crippen LogP contribution in [0.1, 0.15) is 20.8 Å². The lowest BCUT2D eigenvalue weighted by Gasteiger charge is -2.60. The summed E-state index contributed by atoms with van der Waals surface area (Å²) in [5.41, 5.74) is 0.625. The molecule has 0 amide bonds. The van der Waals surface area contributed by atoms with E-state index in [9.17, 15) is 0 Å². The first-order valence-corrected chi connectivity index (χ1v) is 7.29. The largest absolute Gasteiger partial charge is 0.383 e. The van der Waals surface area contributed by atoms with Gasteiger partial charge in [-0.25, -0.2) is 0 Å². The van der Waals surface area contributed by atoms with Gasteiger partial charge in [-0.3, -0.25) is 9.80 Å². The van der Waals surface area contributed by atoms with Gasteiger partial charge in [-0.15, -0.1) is 0 Å². The van der Waals surface area contributed by atoms with Crippen molar-refractivity contribution in [1.29, 1.82) is 0 Å². The Labute approximate surface area is 112 Å². The second-order valence-electron chi connectivity index (χ2n) is 5.11. The highest BCUT2D eigenvalue weighted by molar-refractivity contribution is 5.05. The van der Waals surface area contributed by atoms with Gasteiger partial charge in [-0.2, -0.15) is 0 Å². The third kappa shape index (κ3) is 4.19. The topological polar surface area (TPSA) is 24.9 Å². The summed E-state index contributed by atoms with van der Waals surface area (Å²) in [5.74, 6) is 0. The first kappa shape index (κ1) is 15.9. The molecule has 0 aromatic heterocycles. The van der Waals surface area contributed by atoms with Crippen LogP contribution in [0.2, 0.25) is 0 Å². The van der Waals surface area contributed by atoms with Gasteiger partial charge in [-0.05, 0) is 6.92 Å². The van der Waals surface area contributed by atoms with E-state index in [0.717, 1.165) is 32.9 Å². The first-order valence-electron chi connectivity index (χ1n) is 7.29. The zero-order valence-corrected chi connectivity index (χ0v) is 12.6. The second-order valence-corrected chi connectivity index (χ2v) is 5.11. The van der Waals surface area contributed by atoms with Gasteiger partial charge in [0.1, 0.15) is 0 Å². The van der Waals surface area contributed by atoms with Crippen LogP contribution in [0.4, 0.5) is 0 Å². The fourth-order valence-corrected chi connectivity index (χ4v) is 2.88. The molecular formula is C14H30N2O2. The summed E-state index contributed by atoms with van der Waals surface area (Å²) in [6.45, 7) is 15.9. The normalized spacial score (nSPS) is 22.0. The molecule has 1 spiro atoms. The van der Waals surface area contributed by atoms with E-state index in [1.807, 2.05) is 13.8 Å². The van der Waals surface area contributed by atoms with Crippen LogP contribution >= 0.6 is 0 Å². The summed E-state index contributed by atoms with van der Waals surface area (Å²) in [4.78, 5) is 4.99. The molecule has 0 aromatic carbocycles. The van der Waals surface area contributed by atoms with E-state index in [-0.39, 0.29) is 0 Å². The fraction of sp³-hybridized carbons (Fsp3) is 1.00. The molecule has 2 aliphatic heterocycles. The highest BCUT2D eigenvalue weighted by Gasteiger charge is 2.50. The van der Waals surface area contributed by atoms with E-state index < -0.39 is 0 Å². The zero-order chi connectivity index (χ0) is 13.4. The van der Waals surface area contributed by atoms with Crippen molar-refractivity contribution >= 4 is 0 Å². The molecule has 0 N–H and O–H groups in total. The molecule has 0 unspecified atom stereocenters. The van der Waals surface area contributed by atoms with Crippen molar-refractivity contribution in [1.82, 2.24) is 9.80 Å². The molecule has 0 saturated carbocycles. The molecular weight excluding hydrogens is 228 g/mol. The van der Waals surface area contributed by atoms with Crippen molar-refractivity contribution < 1.29 is 9.47 Å². The number of rotatable bonds is 7. The van der Waals surface area contributed by atoms with Gasteiger partial charge in [0.05, 0.1) is 13.2 Å². The van der Waals surface area contributed by atoms with E-state index in [1.165, 1.54) is 26.2 Å². The molecule has 4 heteroatoms. The van der Waals surface area contributed by atoms with Gasteiger partial charge < -0.3 is 9.47 Å². The minimum absolute atomic E-state index is 0.625. The average Bonchev–Trinajstić information content (AvgIpc) is 2.31. The van der Waals surface area contributed by atoms with E-state index in [1.54, 1.807) is 7.11 Å². The molecule has 0 aromatic rings. The number of ether oxygens (including phenoxy) is 2. The first-order chi connectivity index (χ1) is 8.78. The number of methoxy groups -OCH3 is 1. The number of likely N-dealkylation sites (tertiary alicyclic amines) is 2. The monoisotopic (exact) mass is 258 g/mol. The van der Waals surface area contributed by atoms with Crippen molar-refractivity contribution in [2.75, 3.05) is 66.2 Å². The van der Waals surface area contributed by atoms with Crippen LogP contribution < -0.4 is 0 Å². The summed E-state index contributed by atoms with van der Waals surface area (Å²) < 4.78 is 10.5. The average molecular weight is 258 g/mol. The third-order valence-corrected chi connectivity index (χ3v) is 3.60. The molecule has 18 heavy (non-hydrogen) atoms. The molecule has 2 heterocycles. The molecule has 4 nitrogen and oxygen atoms in total. The minimum atomic E-state index is 0.625. The van der Waals surface area contributed by atoms with Crippen molar-refractivity contribution in [3.63, 3.8) is 0 Å². The van der Waals surface area contributed by atoms with Gasteiger partial charge >= 0.3 is 0 Å². The smallest absolute Gasteiger partial charge is 0.0593 e. The Hall–Kier alpha value is -0.160. The SMILES string of the molecule is CC.CCOCCN1CC2(CN(CCOC)C2)C1. The zero-order valence-electron chi connectivity index (χ0n) is 12.6. The summed E-state index contributed by atoms with van der Waals surface area (Å²) >= 11 is 0. The molecule has 0 radical (unpaired) electrons. The lowest BCUT2D eigenvalue weighted by molar-refractivity contribution is -0.122. The Morgan fingerprint density at radius 1 is 0.944 bits per heavy atom. The van der Waals surface area contributed by atoms with Gasteiger partial charge in [-0.1, -0.05) is 13.8 Å². The van der Waals surface area contributed by atoms with Crippen LogP contribution in [0.25, 0.3) is 0 Å². The summed E-state index contributed by atoms with van der Waals surface area (Å²) in [6.07, 6.45) is 0. The summed E-state index contributed by atoms with van der Waals surface area (Å²) in [5, 5.41) is 0. The Morgan fingerprint density at radius 3 is 1.89 bits per heavy atom. The Kier molecular flexibility index (Phi) is 7.15. The Balaban J connectivity index is 0.000000771.